The van der Waals surface area contributed by atoms with Crippen molar-refractivity contribution in [1.29, 1.82) is 0 Å². The molecule has 0 radical (unpaired) electrons. The highest BCUT2D eigenvalue weighted by Crippen LogP contribution is 2.33. The first-order valence-corrected chi connectivity index (χ1v) is 8.22. The molecule has 1 aromatic rings. The first-order chi connectivity index (χ1) is 7.76. The van der Waals surface area contributed by atoms with E-state index in [1.165, 1.54) is 0 Å². The summed E-state index contributed by atoms with van der Waals surface area (Å²) in [6.07, 6.45) is -0.111. The summed E-state index contributed by atoms with van der Waals surface area (Å²) in [5.41, 5.74) is 0. The van der Waals surface area contributed by atoms with Crippen LogP contribution in [-0.2, 0) is 0 Å². The molecule has 0 spiro atoms. The second kappa shape index (κ2) is 7.29. The summed E-state index contributed by atoms with van der Waals surface area (Å²) in [5.74, 6) is 0. The maximum absolute atomic E-state index is 9.04. The predicted molar refractivity (Wildman–Crippen MR) is 67.9 cm³/mol. The standard InChI is InChI=1S/C10H16O4P2/c11-5-15(6-12)9-1-2-10(4-3-9)16(7-13)8-14/h1-4,11-14H,5-8H2. The van der Waals surface area contributed by atoms with Gasteiger partial charge in [0.2, 0.25) is 0 Å². The molecule has 0 aliphatic rings. The van der Waals surface area contributed by atoms with Crippen LogP contribution in [-0.4, -0.2) is 45.8 Å². The number of hydrogen-bond acceptors (Lipinski definition) is 4. The molecule has 0 unspecified atom stereocenters. The zero-order chi connectivity index (χ0) is 12.0. The zero-order valence-corrected chi connectivity index (χ0v) is 10.6. The minimum Gasteiger partial charge on any atom is -0.391 e. The normalized spacial score (nSPS) is 11.4. The van der Waals surface area contributed by atoms with Gasteiger partial charge in [-0.3, -0.25) is 0 Å². The van der Waals surface area contributed by atoms with E-state index in [1.807, 2.05) is 24.3 Å². The van der Waals surface area contributed by atoms with E-state index in [2.05, 4.69) is 0 Å². The van der Waals surface area contributed by atoms with Gasteiger partial charge in [0.15, 0.2) is 0 Å². The average molecular weight is 262 g/mol. The molecule has 4 N–H and O–H groups in total. The van der Waals surface area contributed by atoms with Gasteiger partial charge in [0.05, 0.1) is 25.4 Å². The first-order valence-electron chi connectivity index (χ1n) is 4.80. The van der Waals surface area contributed by atoms with Crippen molar-refractivity contribution >= 4 is 26.5 Å². The Morgan fingerprint density at radius 2 is 0.875 bits per heavy atom. The summed E-state index contributed by atoms with van der Waals surface area (Å²) in [7, 11) is -1.80. The van der Waals surface area contributed by atoms with Crippen molar-refractivity contribution in [3.8, 4) is 0 Å². The zero-order valence-electron chi connectivity index (χ0n) is 8.82. The Hall–Kier alpha value is -0.0800. The van der Waals surface area contributed by atoms with E-state index >= 15 is 0 Å². The summed E-state index contributed by atoms with van der Waals surface area (Å²) < 4.78 is 0. The quantitative estimate of drug-likeness (QED) is 0.531. The van der Waals surface area contributed by atoms with Gasteiger partial charge in [-0.1, -0.05) is 24.3 Å². The maximum atomic E-state index is 9.04. The topological polar surface area (TPSA) is 80.9 Å². The van der Waals surface area contributed by atoms with E-state index in [9.17, 15) is 0 Å². The molecule has 1 aromatic carbocycles. The van der Waals surface area contributed by atoms with Crippen molar-refractivity contribution in [3.63, 3.8) is 0 Å². The van der Waals surface area contributed by atoms with Crippen molar-refractivity contribution < 1.29 is 20.4 Å². The third-order valence-electron chi connectivity index (χ3n) is 2.26. The van der Waals surface area contributed by atoms with Gasteiger partial charge < -0.3 is 20.4 Å². The third kappa shape index (κ3) is 3.46. The van der Waals surface area contributed by atoms with Crippen LogP contribution < -0.4 is 10.6 Å². The average Bonchev–Trinajstić information content (AvgIpc) is 2.34. The maximum Gasteiger partial charge on any atom is 0.0688 e. The van der Waals surface area contributed by atoms with Crippen LogP contribution in [0.25, 0.3) is 0 Å². The molecular weight excluding hydrogens is 246 g/mol. The van der Waals surface area contributed by atoms with Gasteiger partial charge >= 0.3 is 0 Å². The minimum absolute atomic E-state index is 0.0278. The summed E-state index contributed by atoms with van der Waals surface area (Å²) in [6.45, 7) is 0. The van der Waals surface area contributed by atoms with E-state index in [4.69, 9.17) is 20.4 Å². The summed E-state index contributed by atoms with van der Waals surface area (Å²) in [6, 6.07) is 7.37. The van der Waals surface area contributed by atoms with E-state index in [0.717, 1.165) is 10.6 Å². The molecule has 16 heavy (non-hydrogen) atoms. The van der Waals surface area contributed by atoms with Crippen molar-refractivity contribution in [1.82, 2.24) is 0 Å². The van der Waals surface area contributed by atoms with Crippen molar-refractivity contribution in [2.24, 2.45) is 0 Å². The Morgan fingerprint density at radius 3 is 1.06 bits per heavy atom. The molecule has 0 aliphatic heterocycles. The Kier molecular flexibility index (Phi) is 6.37. The molecule has 0 bridgehead atoms. The van der Waals surface area contributed by atoms with E-state index in [-0.39, 0.29) is 25.4 Å². The van der Waals surface area contributed by atoms with E-state index < -0.39 is 15.8 Å². The highest BCUT2D eigenvalue weighted by Gasteiger charge is 2.11. The lowest BCUT2D eigenvalue weighted by Gasteiger charge is -2.15. The number of rotatable bonds is 6. The molecule has 0 fully saturated rings. The van der Waals surface area contributed by atoms with Crippen LogP contribution in [0.2, 0.25) is 0 Å². The van der Waals surface area contributed by atoms with Gasteiger partial charge in [-0.15, -0.1) is 0 Å². The lowest BCUT2D eigenvalue weighted by molar-refractivity contribution is 0.345. The van der Waals surface area contributed by atoms with Crippen LogP contribution >= 0.6 is 15.8 Å². The molecule has 0 amide bonds. The van der Waals surface area contributed by atoms with Crippen LogP contribution in [0, 0.1) is 0 Å². The van der Waals surface area contributed by atoms with Gasteiger partial charge in [-0.05, 0) is 26.5 Å². The summed E-state index contributed by atoms with van der Waals surface area (Å²) in [5, 5.41) is 38.0. The third-order valence-corrected chi connectivity index (χ3v) is 5.69. The number of aliphatic hydroxyl groups is 4. The smallest absolute Gasteiger partial charge is 0.0688 e. The van der Waals surface area contributed by atoms with E-state index in [0.29, 0.717) is 0 Å². The van der Waals surface area contributed by atoms with Crippen LogP contribution in [0.15, 0.2) is 24.3 Å². The number of hydrogen-bond donors (Lipinski definition) is 4. The van der Waals surface area contributed by atoms with Crippen molar-refractivity contribution in [2.45, 2.75) is 0 Å². The molecule has 0 saturated heterocycles. The summed E-state index contributed by atoms with van der Waals surface area (Å²) >= 11 is 0. The Morgan fingerprint density at radius 1 is 0.625 bits per heavy atom. The Bertz CT molecular complexity index is 265. The molecule has 6 heteroatoms. The van der Waals surface area contributed by atoms with Gasteiger partial charge in [-0.25, -0.2) is 0 Å². The van der Waals surface area contributed by atoms with Gasteiger partial charge in [0, 0.05) is 0 Å². The fraction of sp³-hybridized carbons (Fsp3) is 0.400. The van der Waals surface area contributed by atoms with Crippen molar-refractivity contribution in [2.75, 3.05) is 25.4 Å². The van der Waals surface area contributed by atoms with Crippen molar-refractivity contribution in [3.05, 3.63) is 24.3 Å². The monoisotopic (exact) mass is 262 g/mol. The first kappa shape index (κ1) is 14.0. The second-order valence-electron chi connectivity index (χ2n) is 3.16. The predicted octanol–water partition coefficient (Wildman–Crippen LogP) is -0.300. The molecule has 4 nitrogen and oxygen atoms in total. The summed E-state index contributed by atoms with van der Waals surface area (Å²) in [4.78, 5) is 0. The Balaban J connectivity index is 2.81. The molecule has 0 saturated carbocycles. The lowest BCUT2D eigenvalue weighted by atomic mass is 10.4. The van der Waals surface area contributed by atoms with Crippen LogP contribution in [0.4, 0.5) is 0 Å². The van der Waals surface area contributed by atoms with E-state index in [1.54, 1.807) is 0 Å². The molecule has 0 atom stereocenters. The molecule has 1 rings (SSSR count). The molecule has 0 aromatic heterocycles. The number of benzene rings is 1. The SMILES string of the molecule is OCP(CO)c1ccc(P(CO)CO)cc1. The fourth-order valence-corrected chi connectivity index (χ4v) is 3.26. The minimum atomic E-state index is -0.898. The second-order valence-corrected chi connectivity index (χ2v) is 7.49. The molecular formula is C10H16O4P2. The molecule has 0 heterocycles. The van der Waals surface area contributed by atoms with Gasteiger partial charge in [0.1, 0.15) is 0 Å². The fourth-order valence-electron chi connectivity index (χ4n) is 1.29. The Labute approximate surface area is 97.1 Å². The van der Waals surface area contributed by atoms with Gasteiger partial charge in [-0.2, -0.15) is 0 Å². The van der Waals surface area contributed by atoms with Gasteiger partial charge in [0.25, 0.3) is 0 Å². The van der Waals surface area contributed by atoms with Crippen LogP contribution in [0.3, 0.4) is 0 Å². The largest absolute Gasteiger partial charge is 0.391 e. The molecule has 0 aliphatic carbocycles. The van der Waals surface area contributed by atoms with Crippen LogP contribution in [0.5, 0.6) is 0 Å². The highest BCUT2D eigenvalue weighted by atomic mass is 31.1. The van der Waals surface area contributed by atoms with Crippen LogP contribution in [0.1, 0.15) is 0 Å². The lowest BCUT2D eigenvalue weighted by Crippen LogP contribution is -2.12. The number of aliphatic hydroxyl groups excluding tert-OH is 4. The molecule has 90 valence electrons. The highest BCUT2D eigenvalue weighted by molar-refractivity contribution is 7.65.